The summed E-state index contributed by atoms with van der Waals surface area (Å²) in [7, 11) is 0. The molecular weight excluding hydrogens is 344 g/mol. The Bertz CT molecular complexity index is 732. The van der Waals surface area contributed by atoms with Gasteiger partial charge in [0.05, 0.1) is 6.61 Å². The Morgan fingerprint density at radius 1 is 1.04 bits per heavy atom. The SMILES string of the molecule is C[C@@H](OC(=O)CCCOc1ccccc1)C(=O)Nc1c(F)cccc1F. The Hall–Kier alpha value is -2.96. The lowest BCUT2D eigenvalue weighted by Gasteiger charge is -2.14. The molecule has 1 N–H and O–H groups in total. The first kappa shape index (κ1) is 19.4. The van der Waals surface area contributed by atoms with E-state index in [9.17, 15) is 18.4 Å². The number of ether oxygens (including phenoxy) is 2. The normalized spacial score (nSPS) is 11.5. The fourth-order valence-corrected chi connectivity index (χ4v) is 2.07. The van der Waals surface area contributed by atoms with Crippen LogP contribution in [0.15, 0.2) is 48.5 Å². The predicted octanol–water partition coefficient (Wildman–Crippen LogP) is 3.69. The van der Waals surface area contributed by atoms with Gasteiger partial charge in [-0.05, 0) is 37.6 Å². The Kier molecular flexibility index (Phi) is 7.08. The molecule has 0 saturated carbocycles. The smallest absolute Gasteiger partial charge is 0.306 e. The first-order valence-electron chi connectivity index (χ1n) is 8.09. The van der Waals surface area contributed by atoms with E-state index in [1.54, 1.807) is 12.1 Å². The monoisotopic (exact) mass is 363 g/mol. The first-order valence-corrected chi connectivity index (χ1v) is 8.09. The molecule has 0 radical (unpaired) electrons. The van der Waals surface area contributed by atoms with E-state index < -0.39 is 35.3 Å². The Morgan fingerprint density at radius 2 is 1.69 bits per heavy atom. The van der Waals surface area contributed by atoms with Gasteiger partial charge >= 0.3 is 5.97 Å². The quantitative estimate of drug-likeness (QED) is 0.574. The lowest BCUT2D eigenvalue weighted by atomic mass is 10.2. The van der Waals surface area contributed by atoms with Gasteiger partial charge in [0.25, 0.3) is 5.91 Å². The third-order valence-corrected chi connectivity index (χ3v) is 3.43. The summed E-state index contributed by atoms with van der Waals surface area (Å²) in [5.74, 6) is -2.54. The van der Waals surface area contributed by atoms with E-state index in [0.717, 1.165) is 12.1 Å². The molecule has 0 aliphatic rings. The number of carbonyl (C=O) groups excluding carboxylic acids is 2. The van der Waals surface area contributed by atoms with Crippen molar-refractivity contribution in [2.24, 2.45) is 0 Å². The average Bonchev–Trinajstić information content (AvgIpc) is 2.62. The number of hydrogen-bond donors (Lipinski definition) is 1. The number of halogens is 2. The van der Waals surface area contributed by atoms with Crippen molar-refractivity contribution in [3.8, 4) is 5.75 Å². The number of amides is 1. The zero-order valence-electron chi connectivity index (χ0n) is 14.2. The third kappa shape index (κ3) is 5.84. The molecule has 0 unspecified atom stereocenters. The second-order valence-corrected chi connectivity index (χ2v) is 5.48. The minimum atomic E-state index is -1.18. The summed E-state index contributed by atoms with van der Waals surface area (Å²) in [6.45, 7) is 1.65. The molecule has 0 aliphatic heterocycles. The van der Waals surface area contributed by atoms with E-state index in [1.165, 1.54) is 13.0 Å². The van der Waals surface area contributed by atoms with Gasteiger partial charge in [-0.25, -0.2) is 8.78 Å². The maximum absolute atomic E-state index is 13.5. The number of hydrogen-bond acceptors (Lipinski definition) is 4. The summed E-state index contributed by atoms with van der Waals surface area (Å²) >= 11 is 0. The number of anilines is 1. The minimum absolute atomic E-state index is 0.0541. The van der Waals surface area contributed by atoms with Crippen LogP contribution in [0.25, 0.3) is 0 Å². The van der Waals surface area contributed by atoms with Gasteiger partial charge in [0.2, 0.25) is 0 Å². The van der Waals surface area contributed by atoms with E-state index in [2.05, 4.69) is 5.32 Å². The van der Waals surface area contributed by atoms with Crippen LogP contribution in [0.5, 0.6) is 5.75 Å². The summed E-state index contributed by atoms with van der Waals surface area (Å²) in [6.07, 6.45) is -0.723. The molecule has 5 nitrogen and oxygen atoms in total. The van der Waals surface area contributed by atoms with Crippen molar-refractivity contribution in [1.29, 1.82) is 0 Å². The number of nitrogens with one attached hydrogen (secondary N) is 1. The lowest BCUT2D eigenvalue weighted by molar-refractivity contribution is -0.153. The highest BCUT2D eigenvalue weighted by molar-refractivity contribution is 5.95. The van der Waals surface area contributed by atoms with E-state index in [4.69, 9.17) is 9.47 Å². The Morgan fingerprint density at radius 3 is 2.35 bits per heavy atom. The molecule has 2 aromatic rings. The number of carbonyl (C=O) groups is 2. The van der Waals surface area contributed by atoms with Crippen molar-refractivity contribution in [3.05, 3.63) is 60.2 Å². The molecule has 138 valence electrons. The number of benzene rings is 2. The zero-order valence-corrected chi connectivity index (χ0v) is 14.2. The van der Waals surface area contributed by atoms with Gasteiger partial charge in [-0.2, -0.15) is 0 Å². The van der Waals surface area contributed by atoms with Crippen LogP contribution in [0.3, 0.4) is 0 Å². The van der Waals surface area contributed by atoms with Crippen molar-refractivity contribution < 1.29 is 27.8 Å². The topological polar surface area (TPSA) is 64.6 Å². The average molecular weight is 363 g/mol. The van der Waals surface area contributed by atoms with Crippen molar-refractivity contribution in [1.82, 2.24) is 0 Å². The Labute approximate surface area is 149 Å². The fourth-order valence-electron chi connectivity index (χ4n) is 2.07. The molecule has 2 aromatic carbocycles. The highest BCUT2D eigenvalue weighted by Gasteiger charge is 2.20. The van der Waals surface area contributed by atoms with Crippen LogP contribution < -0.4 is 10.1 Å². The minimum Gasteiger partial charge on any atom is -0.494 e. The maximum Gasteiger partial charge on any atom is 0.306 e. The van der Waals surface area contributed by atoms with Crippen molar-refractivity contribution >= 4 is 17.6 Å². The number of para-hydroxylation sites is 2. The van der Waals surface area contributed by atoms with Crippen LogP contribution >= 0.6 is 0 Å². The van der Waals surface area contributed by atoms with E-state index >= 15 is 0 Å². The van der Waals surface area contributed by atoms with Crippen LogP contribution in [0.4, 0.5) is 14.5 Å². The molecule has 0 saturated heterocycles. The molecule has 0 aliphatic carbocycles. The van der Waals surface area contributed by atoms with E-state index in [-0.39, 0.29) is 6.42 Å². The third-order valence-electron chi connectivity index (χ3n) is 3.43. The van der Waals surface area contributed by atoms with Crippen molar-refractivity contribution in [2.45, 2.75) is 25.9 Å². The van der Waals surface area contributed by atoms with Gasteiger partial charge in [-0.15, -0.1) is 0 Å². The van der Waals surface area contributed by atoms with Gasteiger partial charge in [0, 0.05) is 6.42 Å². The van der Waals surface area contributed by atoms with Crippen LogP contribution in [-0.4, -0.2) is 24.6 Å². The maximum atomic E-state index is 13.5. The summed E-state index contributed by atoms with van der Waals surface area (Å²) in [5.41, 5.74) is -0.573. The summed E-state index contributed by atoms with van der Waals surface area (Å²) in [5, 5.41) is 2.08. The molecule has 1 amide bonds. The lowest BCUT2D eigenvalue weighted by Crippen LogP contribution is -2.30. The van der Waals surface area contributed by atoms with Gasteiger partial charge in [-0.3, -0.25) is 9.59 Å². The largest absolute Gasteiger partial charge is 0.494 e. The molecule has 0 fully saturated rings. The second-order valence-electron chi connectivity index (χ2n) is 5.48. The molecule has 0 bridgehead atoms. The standard InChI is InChI=1S/C19H19F2NO4/c1-13(19(24)22-18-15(20)9-5-10-16(18)21)26-17(23)11-6-12-25-14-7-3-2-4-8-14/h2-5,7-10,13H,6,11-12H2,1H3,(H,22,24)/t13-/m1/s1. The van der Waals surface area contributed by atoms with Crippen LogP contribution in [0.1, 0.15) is 19.8 Å². The number of esters is 1. The predicted molar refractivity (Wildman–Crippen MR) is 91.7 cm³/mol. The first-order chi connectivity index (χ1) is 12.5. The second kappa shape index (κ2) is 9.50. The van der Waals surface area contributed by atoms with Crippen molar-refractivity contribution in [3.63, 3.8) is 0 Å². The molecular formula is C19H19F2NO4. The fraction of sp³-hybridized carbons (Fsp3) is 0.263. The van der Waals surface area contributed by atoms with Crippen LogP contribution in [0.2, 0.25) is 0 Å². The zero-order chi connectivity index (χ0) is 18.9. The molecule has 0 heterocycles. The number of rotatable bonds is 8. The highest BCUT2D eigenvalue weighted by Crippen LogP contribution is 2.18. The molecule has 0 aromatic heterocycles. The summed E-state index contributed by atoms with van der Waals surface area (Å²) in [4.78, 5) is 23.7. The Balaban J connectivity index is 1.73. The van der Waals surface area contributed by atoms with E-state index in [0.29, 0.717) is 18.8 Å². The van der Waals surface area contributed by atoms with Gasteiger partial charge < -0.3 is 14.8 Å². The van der Waals surface area contributed by atoms with Crippen molar-refractivity contribution in [2.75, 3.05) is 11.9 Å². The summed E-state index contributed by atoms with van der Waals surface area (Å²) < 4.78 is 37.4. The highest BCUT2D eigenvalue weighted by atomic mass is 19.1. The molecule has 7 heteroatoms. The van der Waals surface area contributed by atoms with Gasteiger partial charge in [0.1, 0.15) is 23.1 Å². The van der Waals surface area contributed by atoms with Gasteiger partial charge in [0.15, 0.2) is 6.10 Å². The molecule has 0 spiro atoms. The van der Waals surface area contributed by atoms with Crippen LogP contribution in [-0.2, 0) is 14.3 Å². The molecule has 2 rings (SSSR count). The summed E-state index contributed by atoms with van der Waals surface area (Å²) in [6, 6.07) is 12.3. The van der Waals surface area contributed by atoms with E-state index in [1.807, 2.05) is 18.2 Å². The van der Waals surface area contributed by atoms with Gasteiger partial charge in [-0.1, -0.05) is 24.3 Å². The molecule has 1 atom stereocenters. The van der Waals surface area contributed by atoms with Crippen LogP contribution in [0, 0.1) is 11.6 Å². The molecule has 26 heavy (non-hydrogen) atoms.